The second-order valence-corrected chi connectivity index (χ2v) is 7.08. The fourth-order valence-corrected chi connectivity index (χ4v) is 3.70. The molecule has 0 aromatic rings. The lowest BCUT2D eigenvalue weighted by atomic mass is 10.2. The highest BCUT2D eigenvalue weighted by Gasteiger charge is 2.42. The first kappa shape index (κ1) is 17.0. The fraction of sp³-hybridized carbons (Fsp3) is 0.667. The summed E-state index contributed by atoms with van der Waals surface area (Å²) in [6, 6.07) is -0.960. The van der Waals surface area contributed by atoms with Crippen LogP contribution in [0.3, 0.4) is 0 Å². The van der Waals surface area contributed by atoms with E-state index in [1.165, 1.54) is 18.7 Å². The summed E-state index contributed by atoms with van der Waals surface area (Å²) >= 11 is 2.02. The van der Waals surface area contributed by atoms with Gasteiger partial charge in [0.2, 0.25) is 5.91 Å². The lowest BCUT2D eigenvalue weighted by Gasteiger charge is -2.24. The minimum Gasteiger partial charge on any atom is -0.480 e. The molecular weight excluding hydrogens is 302 g/mol. The van der Waals surface area contributed by atoms with Gasteiger partial charge in [-0.3, -0.25) is 14.4 Å². The molecule has 8 heteroatoms. The zero-order chi connectivity index (χ0) is 15.3. The van der Waals surface area contributed by atoms with Crippen LogP contribution in [0.1, 0.15) is 26.7 Å². The Hall–Kier alpha value is -1.02. The molecule has 0 bridgehead atoms. The van der Waals surface area contributed by atoms with E-state index in [9.17, 15) is 24.3 Å². The number of carbonyl (C=O) groups excluding carboxylic acids is 3. The molecule has 2 atom stereocenters. The number of nitrogens with zero attached hydrogens (tertiary/aromatic N) is 1. The number of amides is 1. The average molecular weight is 319 g/mol. The number of aliphatic carboxylic acids is 1. The number of carbonyl (C=O) groups is 4. The monoisotopic (exact) mass is 319 g/mol. The van der Waals surface area contributed by atoms with Crippen LogP contribution in [0.25, 0.3) is 0 Å². The number of likely N-dealkylation sites (tertiary alicyclic amines) is 1. The van der Waals surface area contributed by atoms with Crippen molar-refractivity contribution in [1.29, 1.82) is 0 Å². The maximum Gasteiger partial charge on any atom is 0.327 e. The molecule has 0 aromatic heterocycles. The molecule has 6 nitrogen and oxygen atoms in total. The standard InChI is InChI=1S/C12H17NO5S2/c1-7(14)19-6-4-10(16)13-5-3-9(20-8(2)15)11(13)12(17)18/h9,11H,3-6H2,1-2H3,(H,17,18). The van der Waals surface area contributed by atoms with Crippen molar-refractivity contribution in [3.05, 3.63) is 0 Å². The third-order valence-electron chi connectivity index (χ3n) is 2.85. The van der Waals surface area contributed by atoms with Gasteiger partial charge in [-0.05, 0) is 6.42 Å². The molecule has 1 saturated heterocycles. The molecule has 0 saturated carbocycles. The summed E-state index contributed by atoms with van der Waals surface area (Å²) in [5, 5.41) is 8.64. The Bertz CT molecular complexity index is 426. The maximum absolute atomic E-state index is 12.0. The SMILES string of the molecule is CC(=O)SCCC(=O)N1CCC(SC(C)=O)C1C(=O)O. The molecule has 1 N–H and O–H groups in total. The quantitative estimate of drug-likeness (QED) is 0.808. The highest BCUT2D eigenvalue weighted by molar-refractivity contribution is 8.14. The zero-order valence-electron chi connectivity index (χ0n) is 11.3. The van der Waals surface area contributed by atoms with E-state index < -0.39 is 17.3 Å². The van der Waals surface area contributed by atoms with E-state index in [4.69, 9.17) is 0 Å². The van der Waals surface area contributed by atoms with Crippen LogP contribution in [-0.2, 0) is 19.2 Å². The molecule has 1 aliphatic heterocycles. The number of carboxylic acid groups (broad SMARTS) is 1. The number of hydrogen-bond donors (Lipinski definition) is 1. The van der Waals surface area contributed by atoms with Gasteiger partial charge in [0.15, 0.2) is 10.2 Å². The predicted molar refractivity (Wildman–Crippen MR) is 77.6 cm³/mol. The maximum atomic E-state index is 12.0. The van der Waals surface area contributed by atoms with Crippen molar-refractivity contribution >= 4 is 45.6 Å². The first-order valence-corrected chi connectivity index (χ1v) is 8.02. The normalized spacial score (nSPS) is 21.8. The molecule has 2 unspecified atom stereocenters. The van der Waals surface area contributed by atoms with E-state index in [1.807, 2.05) is 0 Å². The Labute approximate surface area is 125 Å². The van der Waals surface area contributed by atoms with Gasteiger partial charge in [0.25, 0.3) is 0 Å². The number of hydrogen-bond acceptors (Lipinski definition) is 6. The third kappa shape index (κ3) is 4.82. The molecule has 1 amide bonds. The van der Waals surface area contributed by atoms with Crippen LogP contribution in [0.4, 0.5) is 0 Å². The van der Waals surface area contributed by atoms with Crippen molar-refractivity contribution in [2.75, 3.05) is 12.3 Å². The number of carboxylic acids is 1. The van der Waals surface area contributed by atoms with E-state index in [2.05, 4.69) is 0 Å². The summed E-state index contributed by atoms with van der Waals surface area (Å²) in [6.07, 6.45) is 0.623. The second-order valence-electron chi connectivity index (χ2n) is 4.40. The number of thioether (sulfide) groups is 2. The van der Waals surface area contributed by atoms with Crippen molar-refractivity contribution in [1.82, 2.24) is 4.90 Å². The van der Waals surface area contributed by atoms with Gasteiger partial charge in [-0.1, -0.05) is 23.5 Å². The summed E-state index contributed by atoms with van der Waals surface area (Å²) < 4.78 is 0. The highest BCUT2D eigenvalue weighted by atomic mass is 32.2. The summed E-state index contributed by atoms with van der Waals surface area (Å²) in [7, 11) is 0. The third-order valence-corrected chi connectivity index (χ3v) is 4.80. The van der Waals surface area contributed by atoms with Crippen LogP contribution in [0.2, 0.25) is 0 Å². The molecule has 0 radical (unpaired) electrons. The summed E-state index contributed by atoms with van der Waals surface area (Å²) in [5.41, 5.74) is 0. The summed E-state index contributed by atoms with van der Waals surface area (Å²) in [5.74, 6) is -1.02. The van der Waals surface area contributed by atoms with Crippen molar-refractivity contribution < 1.29 is 24.3 Å². The predicted octanol–water partition coefficient (Wildman–Crippen LogP) is 0.990. The van der Waals surface area contributed by atoms with Gasteiger partial charge in [-0.2, -0.15) is 0 Å². The summed E-state index contributed by atoms with van der Waals surface area (Å²) in [6.45, 7) is 3.15. The molecule has 0 aromatic carbocycles. The highest BCUT2D eigenvalue weighted by Crippen LogP contribution is 2.30. The Morgan fingerprint density at radius 2 is 1.85 bits per heavy atom. The average Bonchev–Trinajstić information content (AvgIpc) is 2.71. The van der Waals surface area contributed by atoms with Gasteiger partial charge in [-0.15, -0.1) is 0 Å². The van der Waals surface area contributed by atoms with E-state index in [0.717, 1.165) is 23.5 Å². The van der Waals surface area contributed by atoms with Gasteiger partial charge in [0, 0.05) is 37.8 Å². The molecule has 0 aliphatic carbocycles. The van der Waals surface area contributed by atoms with E-state index in [0.29, 0.717) is 18.7 Å². The summed E-state index contributed by atoms with van der Waals surface area (Å²) in [4.78, 5) is 46.6. The van der Waals surface area contributed by atoms with Crippen LogP contribution in [-0.4, -0.2) is 55.7 Å². The molecule has 1 fully saturated rings. The Balaban J connectivity index is 2.64. The van der Waals surface area contributed by atoms with E-state index in [-0.39, 0.29) is 22.6 Å². The molecule has 112 valence electrons. The molecular formula is C12H17NO5S2. The smallest absolute Gasteiger partial charge is 0.327 e. The molecule has 1 rings (SSSR count). The van der Waals surface area contributed by atoms with Gasteiger partial charge in [0.1, 0.15) is 6.04 Å². The van der Waals surface area contributed by atoms with Crippen molar-refractivity contribution in [2.24, 2.45) is 0 Å². The zero-order valence-corrected chi connectivity index (χ0v) is 13.0. The lowest BCUT2D eigenvalue weighted by Crippen LogP contribution is -2.44. The van der Waals surface area contributed by atoms with Gasteiger partial charge >= 0.3 is 5.97 Å². The fourth-order valence-electron chi connectivity index (χ4n) is 2.10. The van der Waals surface area contributed by atoms with Crippen LogP contribution in [0, 0.1) is 0 Å². The molecule has 1 aliphatic rings. The topological polar surface area (TPSA) is 91.8 Å². The lowest BCUT2D eigenvalue weighted by molar-refractivity contribution is -0.147. The van der Waals surface area contributed by atoms with Crippen LogP contribution >= 0.6 is 23.5 Å². The van der Waals surface area contributed by atoms with Crippen LogP contribution in [0.5, 0.6) is 0 Å². The minimum atomic E-state index is -1.09. The Morgan fingerprint density at radius 1 is 1.20 bits per heavy atom. The largest absolute Gasteiger partial charge is 0.480 e. The first-order chi connectivity index (χ1) is 9.32. The number of rotatable bonds is 5. The van der Waals surface area contributed by atoms with E-state index in [1.54, 1.807) is 0 Å². The molecule has 1 heterocycles. The van der Waals surface area contributed by atoms with Gasteiger partial charge in [-0.25, -0.2) is 4.79 Å². The van der Waals surface area contributed by atoms with Gasteiger partial charge in [0.05, 0.1) is 0 Å². The van der Waals surface area contributed by atoms with Crippen LogP contribution in [0.15, 0.2) is 0 Å². The van der Waals surface area contributed by atoms with Crippen molar-refractivity contribution in [3.63, 3.8) is 0 Å². The van der Waals surface area contributed by atoms with Crippen molar-refractivity contribution in [3.8, 4) is 0 Å². The van der Waals surface area contributed by atoms with Crippen LogP contribution < -0.4 is 0 Å². The van der Waals surface area contributed by atoms with Gasteiger partial charge < -0.3 is 10.0 Å². The molecule has 0 spiro atoms. The Kier molecular flexibility index (Phi) is 6.54. The van der Waals surface area contributed by atoms with E-state index >= 15 is 0 Å². The Morgan fingerprint density at radius 3 is 2.35 bits per heavy atom. The minimum absolute atomic E-state index is 0.0704. The second kappa shape index (κ2) is 7.68. The molecule has 20 heavy (non-hydrogen) atoms. The first-order valence-electron chi connectivity index (χ1n) is 6.15. The van der Waals surface area contributed by atoms with Crippen molar-refractivity contribution in [2.45, 2.75) is 38.0 Å².